The molecule has 3 rings (SSSR count). The summed E-state index contributed by atoms with van der Waals surface area (Å²) >= 11 is 0. The molecule has 1 aliphatic heterocycles. The molecule has 1 aliphatic rings. The van der Waals surface area contributed by atoms with Crippen molar-refractivity contribution in [2.45, 2.75) is 25.4 Å². The first-order valence-electron chi connectivity index (χ1n) is 8.45. The lowest BCUT2D eigenvalue weighted by molar-refractivity contribution is -0.130. The summed E-state index contributed by atoms with van der Waals surface area (Å²) in [6, 6.07) is 12.0. The van der Waals surface area contributed by atoms with Gasteiger partial charge in [-0.05, 0) is 29.7 Å². The topological polar surface area (TPSA) is 91.4 Å². The van der Waals surface area contributed by atoms with Gasteiger partial charge in [0, 0.05) is 25.5 Å². The van der Waals surface area contributed by atoms with Gasteiger partial charge in [0.15, 0.2) is 0 Å². The number of hydrogen-bond donors (Lipinski definition) is 2. The number of rotatable bonds is 7. The summed E-state index contributed by atoms with van der Waals surface area (Å²) in [7, 11) is 0. The minimum Gasteiger partial charge on any atom is -0.352 e. The van der Waals surface area contributed by atoms with Gasteiger partial charge in [-0.2, -0.15) is 0 Å². The van der Waals surface area contributed by atoms with Crippen molar-refractivity contribution < 1.29 is 14.4 Å². The molecular weight excluding hydrogens is 332 g/mol. The van der Waals surface area contributed by atoms with Gasteiger partial charge >= 0.3 is 6.03 Å². The molecule has 1 saturated heterocycles. The van der Waals surface area contributed by atoms with Crippen LogP contribution in [0.4, 0.5) is 4.79 Å². The van der Waals surface area contributed by atoms with E-state index in [2.05, 4.69) is 15.6 Å². The molecule has 4 amide bonds. The SMILES string of the molecule is O=C(C[C@@H]1NC(=O)N(CCc2ccccc2)C1=O)NCc1ccncc1. The Morgan fingerprint density at radius 1 is 1.08 bits per heavy atom. The second kappa shape index (κ2) is 8.24. The normalized spacial score (nSPS) is 16.5. The lowest BCUT2D eigenvalue weighted by Gasteiger charge is -2.13. The fraction of sp³-hybridized carbons (Fsp3) is 0.263. The molecule has 1 aromatic carbocycles. The number of aromatic nitrogens is 1. The van der Waals surface area contributed by atoms with Crippen molar-refractivity contribution in [1.82, 2.24) is 20.5 Å². The molecule has 0 spiro atoms. The van der Waals surface area contributed by atoms with E-state index >= 15 is 0 Å². The third-order valence-electron chi connectivity index (χ3n) is 4.20. The van der Waals surface area contributed by atoms with Gasteiger partial charge in [0.25, 0.3) is 5.91 Å². The van der Waals surface area contributed by atoms with Gasteiger partial charge in [0.1, 0.15) is 6.04 Å². The molecule has 0 saturated carbocycles. The zero-order chi connectivity index (χ0) is 18.4. The maximum Gasteiger partial charge on any atom is 0.324 e. The van der Waals surface area contributed by atoms with Crippen LogP contribution in [0.1, 0.15) is 17.5 Å². The minimum absolute atomic E-state index is 0.0719. The van der Waals surface area contributed by atoms with Gasteiger partial charge in [-0.15, -0.1) is 0 Å². The summed E-state index contributed by atoms with van der Waals surface area (Å²) in [6.45, 7) is 0.651. The van der Waals surface area contributed by atoms with Gasteiger partial charge in [0.2, 0.25) is 5.91 Å². The molecular formula is C19H20N4O3. The molecule has 0 aliphatic carbocycles. The van der Waals surface area contributed by atoms with Gasteiger partial charge in [-0.1, -0.05) is 30.3 Å². The first kappa shape index (κ1) is 17.6. The van der Waals surface area contributed by atoms with E-state index in [4.69, 9.17) is 0 Å². The largest absolute Gasteiger partial charge is 0.352 e. The lowest BCUT2D eigenvalue weighted by atomic mass is 10.1. The number of hydrogen-bond acceptors (Lipinski definition) is 4. The Morgan fingerprint density at radius 3 is 2.54 bits per heavy atom. The van der Waals surface area contributed by atoms with Crippen molar-refractivity contribution in [2.75, 3.05) is 6.54 Å². The van der Waals surface area contributed by atoms with Crippen LogP contribution in [0.15, 0.2) is 54.9 Å². The van der Waals surface area contributed by atoms with Gasteiger partial charge < -0.3 is 10.6 Å². The summed E-state index contributed by atoms with van der Waals surface area (Å²) < 4.78 is 0. The summed E-state index contributed by atoms with van der Waals surface area (Å²) in [5.41, 5.74) is 1.96. The second-order valence-corrected chi connectivity index (χ2v) is 6.06. The standard InChI is InChI=1S/C19H20N4O3/c24-17(21-13-15-6-9-20-10-7-15)12-16-18(25)23(19(26)22-16)11-8-14-4-2-1-3-5-14/h1-7,9-10,16H,8,11-13H2,(H,21,24)(H,22,26)/t16-/m0/s1. The first-order chi connectivity index (χ1) is 12.6. The smallest absolute Gasteiger partial charge is 0.324 e. The fourth-order valence-corrected chi connectivity index (χ4v) is 2.77. The lowest BCUT2D eigenvalue weighted by Crippen LogP contribution is -2.36. The Labute approximate surface area is 151 Å². The number of benzene rings is 1. The van der Waals surface area contributed by atoms with E-state index in [1.165, 1.54) is 4.90 Å². The Bertz CT molecular complexity index is 780. The maximum atomic E-state index is 12.4. The highest BCUT2D eigenvalue weighted by Gasteiger charge is 2.38. The Morgan fingerprint density at radius 2 is 1.81 bits per heavy atom. The number of pyridine rings is 1. The van der Waals surface area contributed by atoms with E-state index in [9.17, 15) is 14.4 Å². The molecule has 0 unspecified atom stereocenters. The van der Waals surface area contributed by atoms with Gasteiger partial charge in [0.05, 0.1) is 6.42 Å². The number of carbonyl (C=O) groups excluding carboxylic acids is 3. The average Bonchev–Trinajstić information content (AvgIpc) is 2.93. The molecule has 26 heavy (non-hydrogen) atoms. The van der Waals surface area contributed by atoms with Crippen LogP contribution >= 0.6 is 0 Å². The highest BCUT2D eigenvalue weighted by atomic mass is 16.2. The Hall–Kier alpha value is -3.22. The van der Waals surface area contributed by atoms with E-state index in [1.54, 1.807) is 24.5 Å². The second-order valence-electron chi connectivity index (χ2n) is 6.06. The molecule has 0 bridgehead atoms. The molecule has 7 heteroatoms. The third-order valence-corrected chi connectivity index (χ3v) is 4.20. The number of amides is 4. The van der Waals surface area contributed by atoms with Crippen LogP contribution in [0.2, 0.25) is 0 Å². The van der Waals surface area contributed by atoms with E-state index in [1.807, 2.05) is 30.3 Å². The van der Waals surface area contributed by atoms with Gasteiger partial charge in [-0.3, -0.25) is 19.5 Å². The van der Waals surface area contributed by atoms with E-state index in [0.29, 0.717) is 19.5 Å². The summed E-state index contributed by atoms with van der Waals surface area (Å²) in [5, 5.41) is 5.33. The quantitative estimate of drug-likeness (QED) is 0.734. The zero-order valence-electron chi connectivity index (χ0n) is 14.2. The number of urea groups is 1. The van der Waals surface area contributed by atoms with Crippen molar-refractivity contribution in [3.8, 4) is 0 Å². The van der Waals surface area contributed by atoms with Crippen LogP contribution in [0.25, 0.3) is 0 Å². The fourth-order valence-electron chi connectivity index (χ4n) is 2.77. The van der Waals surface area contributed by atoms with Crippen LogP contribution in [-0.4, -0.2) is 40.3 Å². The van der Waals surface area contributed by atoms with E-state index in [-0.39, 0.29) is 18.2 Å². The number of nitrogens with zero attached hydrogens (tertiary/aromatic N) is 2. The van der Waals surface area contributed by atoms with Crippen LogP contribution in [-0.2, 0) is 22.6 Å². The third kappa shape index (κ3) is 4.44. The van der Waals surface area contributed by atoms with Crippen molar-refractivity contribution in [3.63, 3.8) is 0 Å². The average molecular weight is 352 g/mol. The van der Waals surface area contributed by atoms with Crippen LogP contribution < -0.4 is 10.6 Å². The monoisotopic (exact) mass is 352 g/mol. The summed E-state index contributed by atoms with van der Waals surface area (Å²) in [4.78, 5) is 41.6. The molecule has 1 fully saturated rings. The first-order valence-corrected chi connectivity index (χ1v) is 8.45. The molecule has 7 nitrogen and oxygen atoms in total. The molecule has 2 aromatic rings. The number of nitrogens with one attached hydrogen (secondary N) is 2. The zero-order valence-corrected chi connectivity index (χ0v) is 14.2. The van der Waals surface area contributed by atoms with E-state index < -0.39 is 12.1 Å². The Balaban J connectivity index is 1.49. The van der Waals surface area contributed by atoms with Crippen molar-refractivity contribution >= 4 is 17.8 Å². The minimum atomic E-state index is -0.810. The molecule has 2 heterocycles. The maximum absolute atomic E-state index is 12.4. The predicted molar refractivity (Wildman–Crippen MR) is 94.9 cm³/mol. The Kier molecular flexibility index (Phi) is 5.58. The molecule has 2 N–H and O–H groups in total. The molecule has 1 aromatic heterocycles. The van der Waals surface area contributed by atoms with Crippen LogP contribution in [0.3, 0.4) is 0 Å². The number of imide groups is 1. The summed E-state index contributed by atoms with van der Waals surface area (Å²) in [5.74, 6) is -0.643. The predicted octanol–water partition coefficient (Wildman–Crippen LogP) is 1.25. The van der Waals surface area contributed by atoms with Crippen LogP contribution in [0, 0.1) is 0 Å². The molecule has 0 radical (unpaired) electrons. The highest BCUT2D eigenvalue weighted by molar-refractivity contribution is 6.05. The van der Waals surface area contributed by atoms with E-state index in [0.717, 1.165) is 11.1 Å². The number of carbonyl (C=O) groups is 3. The van der Waals surface area contributed by atoms with Crippen molar-refractivity contribution in [2.24, 2.45) is 0 Å². The molecule has 1 atom stereocenters. The van der Waals surface area contributed by atoms with Crippen molar-refractivity contribution in [3.05, 3.63) is 66.0 Å². The highest BCUT2D eigenvalue weighted by Crippen LogP contribution is 2.11. The van der Waals surface area contributed by atoms with Gasteiger partial charge in [-0.25, -0.2) is 4.79 Å². The van der Waals surface area contributed by atoms with Crippen molar-refractivity contribution in [1.29, 1.82) is 0 Å². The summed E-state index contributed by atoms with van der Waals surface area (Å²) in [6.07, 6.45) is 3.80. The van der Waals surface area contributed by atoms with Crippen LogP contribution in [0.5, 0.6) is 0 Å². The molecule has 134 valence electrons.